The molecule has 1 aliphatic heterocycles. The van der Waals surface area contributed by atoms with Crippen molar-refractivity contribution in [3.8, 4) is 5.75 Å². The fourth-order valence-electron chi connectivity index (χ4n) is 3.42. The maximum Gasteiger partial charge on any atom is 0.223 e. The monoisotopic (exact) mass is 381 g/mol. The first kappa shape index (κ1) is 17.8. The highest BCUT2D eigenvalue weighted by Crippen LogP contribution is 2.24. The Balaban J connectivity index is 1.30. The van der Waals surface area contributed by atoms with Gasteiger partial charge in [0.25, 0.3) is 0 Å². The normalized spacial score (nSPS) is 14.6. The second kappa shape index (κ2) is 7.96. The lowest BCUT2D eigenvalue weighted by Gasteiger charge is -2.36. The number of ether oxygens (including phenoxy) is 1. The molecular weight excluding hydrogens is 358 g/mol. The van der Waals surface area contributed by atoms with Gasteiger partial charge in [0, 0.05) is 50.8 Å². The number of aromatic nitrogens is 1. The Morgan fingerprint density at radius 2 is 1.93 bits per heavy atom. The molecule has 1 aliphatic rings. The molecule has 140 valence electrons. The molecule has 0 bridgehead atoms. The van der Waals surface area contributed by atoms with E-state index in [-0.39, 0.29) is 5.91 Å². The molecule has 0 N–H and O–H groups in total. The van der Waals surface area contributed by atoms with Crippen LogP contribution in [0.5, 0.6) is 5.75 Å². The van der Waals surface area contributed by atoms with Crippen LogP contribution >= 0.6 is 11.3 Å². The van der Waals surface area contributed by atoms with E-state index >= 15 is 0 Å². The average molecular weight is 382 g/mol. The molecule has 4 rings (SSSR count). The van der Waals surface area contributed by atoms with Crippen molar-refractivity contribution in [1.82, 2.24) is 9.88 Å². The van der Waals surface area contributed by atoms with Gasteiger partial charge in [0.15, 0.2) is 0 Å². The third-order valence-electron chi connectivity index (χ3n) is 4.94. The van der Waals surface area contributed by atoms with E-state index in [0.29, 0.717) is 12.8 Å². The van der Waals surface area contributed by atoms with E-state index in [1.165, 1.54) is 4.70 Å². The first-order valence-corrected chi connectivity index (χ1v) is 10.1. The Morgan fingerprint density at radius 3 is 2.70 bits per heavy atom. The lowest BCUT2D eigenvalue weighted by molar-refractivity contribution is -0.131. The number of carbonyl (C=O) groups excluding carboxylic acids is 1. The zero-order chi connectivity index (χ0) is 18.6. The van der Waals surface area contributed by atoms with E-state index < -0.39 is 0 Å². The van der Waals surface area contributed by atoms with Crippen molar-refractivity contribution in [1.29, 1.82) is 0 Å². The van der Waals surface area contributed by atoms with Crippen LogP contribution < -0.4 is 9.64 Å². The minimum Gasteiger partial charge on any atom is -0.497 e. The van der Waals surface area contributed by atoms with Crippen LogP contribution in [0.3, 0.4) is 0 Å². The van der Waals surface area contributed by atoms with Crippen molar-refractivity contribution >= 4 is 33.1 Å². The minimum atomic E-state index is 0.222. The highest BCUT2D eigenvalue weighted by atomic mass is 32.1. The number of fused-ring (bicyclic) bond motifs is 1. The second-order valence-electron chi connectivity index (χ2n) is 6.64. The van der Waals surface area contributed by atoms with Gasteiger partial charge in [-0.1, -0.05) is 18.2 Å². The molecule has 6 heteroatoms. The van der Waals surface area contributed by atoms with Gasteiger partial charge < -0.3 is 14.5 Å². The molecule has 0 unspecified atom stereocenters. The SMILES string of the molecule is COc1cccc(N2CCN(C(=O)CCc3nc4ccccc4s3)CC2)c1. The van der Waals surface area contributed by atoms with Gasteiger partial charge in [-0.25, -0.2) is 4.98 Å². The summed E-state index contributed by atoms with van der Waals surface area (Å²) in [7, 11) is 1.68. The number of amides is 1. The van der Waals surface area contributed by atoms with Gasteiger partial charge in [0.1, 0.15) is 5.75 Å². The van der Waals surface area contributed by atoms with Gasteiger partial charge in [-0.2, -0.15) is 0 Å². The number of benzene rings is 2. The lowest BCUT2D eigenvalue weighted by Crippen LogP contribution is -2.48. The number of methoxy groups -OCH3 is 1. The minimum absolute atomic E-state index is 0.222. The standard InChI is InChI=1S/C21H23N3O2S/c1-26-17-6-4-5-16(15-17)23-11-13-24(14-12-23)21(25)10-9-20-22-18-7-2-3-8-19(18)27-20/h2-8,15H,9-14H2,1H3. The molecule has 1 fully saturated rings. The largest absolute Gasteiger partial charge is 0.497 e. The molecular formula is C21H23N3O2S. The molecule has 0 saturated carbocycles. The molecule has 27 heavy (non-hydrogen) atoms. The Bertz CT molecular complexity index is 899. The second-order valence-corrected chi connectivity index (χ2v) is 7.76. The van der Waals surface area contributed by atoms with Crippen LogP contribution in [0, 0.1) is 0 Å². The van der Waals surface area contributed by atoms with Crippen molar-refractivity contribution in [2.75, 3.05) is 38.2 Å². The number of hydrogen-bond acceptors (Lipinski definition) is 5. The van der Waals surface area contributed by atoms with Crippen molar-refractivity contribution in [3.63, 3.8) is 0 Å². The molecule has 1 amide bonds. The molecule has 0 radical (unpaired) electrons. The van der Waals surface area contributed by atoms with Gasteiger partial charge in [-0.15, -0.1) is 11.3 Å². The summed E-state index contributed by atoms with van der Waals surface area (Å²) in [5.41, 5.74) is 2.17. The number of piperazine rings is 1. The van der Waals surface area contributed by atoms with Crippen LogP contribution in [0.2, 0.25) is 0 Å². The maximum atomic E-state index is 12.6. The number of carbonyl (C=O) groups is 1. The Hall–Kier alpha value is -2.60. The van der Waals surface area contributed by atoms with Crippen LogP contribution in [0.4, 0.5) is 5.69 Å². The van der Waals surface area contributed by atoms with Crippen molar-refractivity contribution < 1.29 is 9.53 Å². The van der Waals surface area contributed by atoms with E-state index in [0.717, 1.165) is 48.1 Å². The molecule has 2 aromatic carbocycles. The van der Waals surface area contributed by atoms with Gasteiger partial charge in [-0.05, 0) is 24.3 Å². The summed E-state index contributed by atoms with van der Waals surface area (Å²) in [6.07, 6.45) is 1.24. The summed E-state index contributed by atoms with van der Waals surface area (Å²) < 4.78 is 6.49. The predicted octanol–water partition coefficient (Wildman–Crippen LogP) is 3.59. The molecule has 5 nitrogen and oxygen atoms in total. The number of nitrogens with zero attached hydrogens (tertiary/aromatic N) is 3. The Kier molecular flexibility index (Phi) is 5.25. The number of para-hydroxylation sites is 1. The van der Waals surface area contributed by atoms with E-state index in [9.17, 15) is 4.79 Å². The molecule has 3 aromatic rings. The van der Waals surface area contributed by atoms with Crippen LogP contribution in [-0.4, -0.2) is 49.1 Å². The smallest absolute Gasteiger partial charge is 0.223 e. The fraction of sp³-hybridized carbons (Fsp3) is 0.333. The van der Waals surface area contributed by atoms with E-state index in [1.54, 1.807) is 18.4 Å². The molecule has 1 saturated heterocycles. The highest BCUT2D eigenvalue weighted by Gasteiger charge is 2.21. The summed E-state index contributed by atoms with van der Waals surface area (Å²) in [5, 5.41) is 1.04. The van der Waals surface area contributed by atoms with Crippen molar-refractivity contribution in [2.45, 2.75) is 12.8 Å². The van der Waals surface area contributed by atoms with Gasteiger partial charge >= 0.3 is 0 Å². The van der Waals surface area contributed by atoms with Crippen LogP contribution in [0.25, 0.3) is 10.2 Å². The highest BCUT2D eigenvalue weighted by molar-refractivity contribution is 7.18. The first-order valence-electron chi connectivity index (χ1n) is 9.24. The fourth-order valence-corrected chi connectivity index (χ4v) is 4.39. The van der Waals surface area contributed by atoms with E-state index in [2.05, 4.69) is 22.0 Å². The topological polar surface area (TPSA) is 45.7 Å². The maximum absolute atomic E-state index is 12.6. The van der Waals surface area contributed by atoms with Crippen LogP contribution in [-0.2, 0) is 11.2 Å². The molecule has 0 aliphatic carbocycles. The van der Waals surface area contributed by atoms with Crippen LogP contribution in [0.1, 0.15) is 11.4 Å². The zero-order valence-electron chi connectivity index (χ0n) is 15.4. The van der Waals surface area contributed by atoms with Gasteiger partial charge in [-0.3, -0.25) is 4.79 Å². The Morgan fingerprint density at radius 1 is 1.11 bits per heavy atom. The summed E-state index contributed by atoms with van der Waals surface area (Å²) in [6.45, 7) is 3.21. The zero-order valence-corrected chi connectivity index (χ0v) is 16.2. The summed E-state index contributed by atoms with van der Waals surface area (Å²) in [6, 6.07) is 16.2. The predicted molar refractivity (Wildman–Crippen MR) is 110 cm³/mol. The number of thiazole rings is 1. The van der Waals surface area contributed by atoms with Gasteiger partial charge in [0.05, 0.1) is 22.3 Å². The number of aryl methyl sites for hydroxylation is 1. The van der Waals surface area contributed by atoms with Crippen molar-refractivity contribution in [2.24, 2.45) is 0 Å². The number of anilines is 1. The van der Waals surface area contributed by atoms with Crippen molar-refractivity contribution in [3.05, 3.63) is 53.5 Å². The lowest BCUT2D eigenvalue weighted by atomic mass is 10.2. The third-order valence-corrected chi connectivity index (χ3v) is 6.04. The Labute approximate surface area is 163 Å². The first-order chi connectivity index (χ1) is 13.2. The number of rotatable bonds is 5. The molecule has 0 spiro atoms. The van der Waals surface area contributed by atoms with Gasteiger partial charge in [0.2, 0.25) is 5.91 Å². The van der Waals surface area contributed by atoms with E-state index in [1.807, 2.05) is 41.3 Å². The average Bonchev–Trinajstić information content (AvgIpc) is 3.15. The molecule has 0 atom stereocenters. The number of hydrogen-bond donors (Lipinski definition) is 0. The molecule has 1 aromatic heterocycles. The summed E-state index contributed by atoms with van der Waals surface area (Å²) in [5.74, 6) is 1.08. The van der Waals surface area contributed by atoms with Crippen LogP contribution in [0.15, 0.2) is 48.5 Å². The van der Waals surface area contributed by atoms with E-state index in [4.69, 9.17) is 4.74 Å². The third kappa shape index (κ3) is 4.06. The summed E-state index contributed by atoms with van der Waals surface area (Å²) in [4.78, 5) is 21.5. The molecule has 2 heterocycles. The quantitative estimate of drug-likeness (QED) is 0.678. The summed E-state index contributed by atoms with van der Waals surface area (Å²) >= 11 is 1.69.